The number of esters is 2. The summed E-state index contributed by atoms with van der Waals surface area (Å²) in [4.78, 5) is 47.9. The zero-order valence-corrected chi connectivity index (χ0v) is 31.9. The molecule has 0 atom stereocenters. The van der Waals surface area contributed by atoms with Crippen LogP contribution in [0.5, 0.6) is 11.5 Å². The summed E-state index contributed by atoms with van der Waals surface area (Å²) in [5.41, 5.74) is 2.62. The molecule has 0 saturated heterocycles. The van der Waals surface area contributed by atoms with E-state index in [1.165, 1.54) is 13.8 Å². The molecule has 2 rings (SSSR count). The molecule has 0 radical (unpaired) electrons. The molecular weight excluding hydrogens is 663 g/mol. The fourth-order valence-corrected chi connectivity index (χ4v) is 4.43. The van der Waals surface area contributed by atoms with E-state index >= 15 is 0 Å². The van der Waals surface area contributed by atoms with Crippen LogP contribution in [0.1, 0.15) is 73.6 Å². The van der Waals surface area contributed by atoms with Crippen LogP contribution < -0.4 is 48.8 Å². The minimum Gasteiger partial charge on any atom is -0.870 e. The fourth-order valence-electron chi connectivity index (χ4n) is 4.43. The molecule has 0 bridgehead atoms. The number of aldehydes is 2. The summed E-state index contributed by atoms with van der Waals surface area (Å²) >= 11 is 0. The standard InChI is InChI=1S/C20H29NO6.C15H23NO5.Na.H2O/c1-4-9-21(10-13-26-17(3)24)19-8-7-18(15-22)20(14-19)27-12-6-5-11-25-16(2)23;17-7-1-2-10-21-15-11-14(4-3-13(15)12-20)16(5-8-18)6-9-19;;/h7-8,14-15H,4-6,9-13H2,1-3H3;3-4,11-12,17-19H,1-2,5-10H2;;1H2/q;;+1;/p-1. The van der Waals surface area contributed by atoms with Crippen LogP contribution in [0.3, 0.4) is 0 Å². The molecule has 276 valence electrons. The summed E-state index contributed by atoms with van der Waals surface area (Å²) < 4.78 is 21.3. The molecule has 0 aromatic heterocycles. The van der Waals surface area contributed by atoms with Gasteiger partial charge in [0.2, 0.25) is 0 Å². The first-order chi connectivity index (χ1) is 23.2. The smallest absolute Gasteiger partial charge is 0.870 e. The number of unbranched alkanes of at least 4 members (excludes halogenated alkanes) is 2. The number of anilines is 2. The normalized spacial score (nSPS) is 9.88. The van der Waals surface area contributed by atoms with Crippen molar-refractivity contribution in [2.45, 2.75) is 52.9 Å². The van der Waals surface area contributed by atoms with Gasteiger partial charge in [-0.15, -0.1) is 0 Å². The SMILES string of the molecule is CCCN(CCOC(C)=O)c1ccc(C=O)c(OCCCCOC(C)=O)c1.O=Cc1ccc(N(CCO)CCO)cc1OCCCCO.[Na+].[OH-]. The minimum atomic E-state index is -0.305. The third-order valence-electron chi connectivity index (χ3n) is 6.79. The molecule has 2 aromatic carbocycles. The van der Waals surface area contributed by atoms with Crippen LogP contribution in [0.2, 0.25) is 0 Å². The van der Waals surface area contributed by atoms with Gasteiger partial charge in [-0.05, 0) is 56.4 Å². The van der Waals surface area contributed by atoms with Crippen molar-refractivity contribution in [1.29, 1.82) is 0 Å². The van der Waals surface area contributed by atoms with Crippen molar-refractivity contribution in [3.8, 4) is 11.5 Å². The summed E-state index contributed by atoms with van der Waals surface area (Å²) in [5.74, 6) is 0.391. The Labute approximate surface area is 317 Å². The monoisotopic (exact) mass is 716 g/mol. The van der Waals surface area contributed by atoms with E-state index in [4.69, 9.17) is 34.3 Å². The molecule has 50 heavy (non-hydrogen) atoms. The van der Waals surface area contributed by atoms with E-state index in [2.05, 4.69) is 11.8 Å². The zero-order chi connectivity index (χ0) is 35.6. The second-order valence-corrected chi connectivity index (χ2v) is 10.6. The van der Waals surface area contributed by atoms with Gasteiger partial charge in [-0.3, -0.25) is 19.2 Å². The summed E-state index contributed by atoms with van der Waals surface area (Å²) in [7, 11) is 0. The van der Waals surface area contributed by atoms with Crippen LogP contribution in [-0.2, 0) is 19.1 Å². The number of carbonyl (C=O) groups is 4. The first-order valence-corrected chi connectivity index (χ1v) is 16.3. The number of aliphatic hydroxyl groups is 3. The number of rotatable bonds is 24. The van der Waals surface area contributed by atoms with E-state index in [-0.39, 0.29) is 66.8 Å². The molecular formula is C35H53N2NaO12. The first kappa shape index (κ1) is 48.9. The van der Waals surface area contributed by atoms with Crippen LogP contribution in [0.15, 0.2) is 36.4 Å². The van der Waals surface area contributed by atoms with Gasteiger partial charge in [-0.1, -0.05) is 6.92 Å². The minimum absolute atomic E-state index is 0. The Morgan fingerprint density at radius 2 is 1.08 bits per heavy atom. The molecule has 0 aliphatic heterocycles. The predicted octanol–water partition coefficient (Wildman–Crippen LogP) is 0.269. The van der Waals surface area contributed by atoms with Crippen molar-refractivity contribution in [2.75, 3.05) is 82.2 Å². The van der Waals surface area contributed by atoms with Crippen molar-refractivity contribution >= 4 is 35.9 Å². The Balaban J connectivity index is 0. The topological polar surface area (TPSA) is 202 Å². The van der Waals surface area contributed by atoms with Gasteiger partial charge in [-0.2, -0.15) is 0 Å². The number of hydrogen-bond donors (Lipinski definition) is 3. The van der Waals surface area contributed by atoms with E-state index in [0.717, 1.165) is 36.9 Å². The number of hydrogen-bond acceptors (Lipinski definition) is 14. The molecule has 0 saturated carbocycles. The Bertz CT molecular complexity index is 1230. The molecule has 14 nitrogen and oxygen atoms in total. The van der Waals surface area contributed by atoms with Crippen LogP contribution in [0.25, 0.3) is 0 Å². The van der Waals surface area contributed by atoms with Crippen LogP contribution in [0.4, 0.5) is 11.4 Å². The Hall–Kier alpha value is -3.24. The van der Waals surface area contributed by atoms with Gasteiger partial charge in [0.25, 0.3) is 0 Å². The zero-order valence-electron chi connectivity index (χ0n) is 29.9. The van der Waals surface area contributed by atoms with Gasteiger partial charge in [0.05, 0.1) is 50.7 Å². The van der Waals surface area contributed by atoms with Gasteiger partial charge in [-0.25, -0.2) is 0 Å². The number of carbonyl (C=O) groups excluding carboxylic acids is 4. The number of benzene rings is 2. The van der Waals surface area contributed by atoms with Gasteiger partial charge in [0, 0.05) is 63.6 Å². The van der Waals surface area contributed by atoms with Gasteiger partial charge in [0.15, 0.2) is 12.6 Å². The van der Waals surface area contributed by atoms with Crippen LogP contribution in [-0.4, -0.2) is 118 Å². The van der Waals surface area contributed by atoms with Gasteiger partial charge < -0.3 is 49.5 Å². The number of nitrogens with zero attached hydrogens (tertiary/aromatic N) is 2. The average Bonchev–Trinajstić information content (AvgIpc) is 3.07. The maximum atomic E-state index is 11.3. The molecule has 15 heteroatoms. The molecule has 0 heterocycles. The largest absolute Gasteiger partial charge is 1.00 e. The second-order valence-electron chi connectivity index (χ2n) is 10.6. The quantitative estimate of drug-likeness (QED) is 0.0578. The third-order valence-corrected chi connectivity index (χ3v) is 6.79. The van der Waals surface area contributed by atoms with E-state index < -0.39 is 0 Å². The molecule has 0 spiro atoms. The van der Waals surface area contributed by atoms with Crippen molar-refractivity contribution in [1.82, 2.24) is 0 Å². The van der Waals surface area contributed by atoms with Crippen molar-refractivity contribution in [3.05, 3.63) is 47.5 Å². The summed E-state index contributed by atoms with van der Waals surface area (Å²) in [5, 5.41) is 26.9. The maximum Gasteiger partial charge on any atom is 1.00 e. The average molecular weight is 717 g/mol. The third kappa shape index (κ3) is 20.4. The Morgan fingerprint density at radius 3 is 1.50 bits per heavy atom. The van der Waals surface area contributed by atoms with Crippen molar-refractivity contribution in [3.63, 3.8) is 0 Å². The molecule has 0 aliphatic carbocycles. The Morgan fingerprint density at radius 1 is 0.640 bits per heavy atom. The number of aliphatic hydroxyl groups excluding tert-OH is 3. The van der Waals surface area contributed by atoms with Crippen molar-refractivity contribution < 1.29 is 88.5 Å². The molecule has 0 fully saturated rings. The van der Waals surface area contributed by atoms with Crippen LogP contribution >= 0.6 is 0 Å². The second kappa shape index (κ2) is 30.6. The summed E-state index contributed by atoms with van der Waals surface area (Å²) in [6.45, 7) is 8.55. The summed E-state index contributed by atoms with van der Waals surface area (Å²) in [6, 6.07) is 10.6. The van der Waals surface area contributed by atoms with Crippen LogP contribution in [0, 0.1) is 0 Å². The molecule has 0 unspecified atom stereocenters. The van der Waals surface area contributed by atoms with E-state index in [0.29, 0.717) is 94.4 Å². The molecule has 0 aliphatic rings. The molecule has 2 aromatic rings. The predicted molar refractivity (Wildman–Crippen MR) is 184 cm³/mol. The van der Waals surface area contributed by atoms with E-state index in [1.54, 1.807) is 24.3 Å². The van der Waals surface area contributed by atoms with E-state index in [1.807, 2.05) is 17.0 Å². The van der Waals surface area contributed by atoms with Crippen molar-refractivity contribution in [2.24, 2.45) is 0 Å². The molecule has 0 amide bonds. The first-order valence-electron chi connectivity index (χ1n) is 16.3. The van der Waals surface area contributed by atoms with Gasteiger partial charge >= 0.3 is 41.5 Å². The Kier molecular flexibility index (Phi) is 29.9. The van der Waals surface area contributed by atoms with Gasteiger partial charge in [0.1, 0.15) is 18.1 Å². The fraction of sp³-hybridized carbons (Fsp3) is 0.543. The molecule has 4 N–H and O–H groups in total. The summed E-state index contributed by atoms with van der Waals surface area (Å²) in [6.07, 6.45) is 5.19. The van der Waals surface area contributed by atoms with E-state index in [9.17, 15) is 19.2 Å². The number of ether oxygens (including phenoxy) is 4. The maximum absolute atomic E-state index is 11.3.